The molecular weight excluding hydrogens is 280 g/mol. The number of anilines is 1. The van der Waals surface area contributed by atoms with E-state index in [1.807, 2.05) is 47.1 Å². The molecule has 2 aliphatic heterocycles. The number of likely N-dealkylation sites (tertiary alicyclic amines) is 1. The summed E-state index contributed by atoms with van der Waals surface area (Å²) in [5, 5.41) is 0. The maximum atomic E-state index is 12.4. The Morgan fingerprint density at radius 3 is 2.73 bits per heavy atom. The zero-order valence-corrected chi connectivity index (χ0v) is 12.9. The highest BCUT2D eigenvalue weighted by molar-refractivity contribution is 5.95. The van der Waals surface area contributed by atoms with Gasteiger partial charge in [0.05, 0.1) is 18.7 Å². The van der Waals surface area contributed by atoms with Crippen LogP contribution in [0, 0.1) is 0 Å². The molecule has 2 aliphatic rings. The summed E-state index contributed by atoms with van der Waals surface area (Å²) >= 11 is 0. The number of nitrogens with zero attached hydrogens (tertiary/aromatic N) is 2. The van der Waals surface area contributed by atoms with Gasteiger partial charge in [-0.15, -0.1) is 0 Å². The average Bonchev–Trinajstić information content (AvgIpc) is 2.55. The van der Waals surface area contributed by atoms with Crippen molar-refractivity contribution < 1.29 is 14.3 Å². The van der Waals surface area contributed by atoms with E-state index < -0.39 is 0 Å². The first-order valence-corrected chi connectivity index (χ1v) is 8.03. The van der Waals surface area contributed by atoms with Gasteiger partial charge < -0.3 is 14.5 Å². The third-order valence-corrected chi connectivity index (χ3v) is 4.53. The SMILES string of the molecule is CCOC(=O)N1CCC[C@@H]2[C@H]1CCC(=O)N2c1ccccc1. The van der Waals surface area contributed by atoms with Crippen molar-refractivity contribution in [3.8, 4) is 0 Å². The van der Waals surface area contributed by atoms with Gasteiger partial charge in [0.25, 0.3) is 0 Å². The van der Waals surface area contributed by atoms with E-state index in [1.165, 1.54) is 0 Å². The highest BCUT2D eigenvalue weighted by atomic mass is 16.6. The number of benzene rings is 1. The van der Waals surface area contributed by atoms with Crippen molar-refractivity contribution in [1.29, 1.82) is 0 Å². The second kappa shape index (κ2) is 6.38. The van der Waals surface area contributed by atoms with Gasteiger partial charge in [-0.2, -0.15) is 0 Å². The molecule has 0 saturated carbocycles. The number of amides is 2. The molecule has 2 fully saturated rings. The summed E-state index contributed by atoms with van der Waals surface area (Å²) in [5.74, 6) is 0.151. The van der Waals surface area contributed by atoms with E-state index in [1.54, 1.807) is 0 Å². The van der Waals surface area contributed by atoms with Gasteiger partial charge in [0.1, 0.15) is 0 Å². The Morgan fingerprint density at radius 2 is 2.00 bits per heavy atom. The van der Waals surface area contributed by atoms with Crippen LogP contribution in [-0.2, 0) is 9.53 Å². The van der Waals surface area contributed by atoms with Gasteiger partial charge in [-0.1, -0.05) is 18.2 Å². The van der Waals surface area contributed by atoms with Crippen LogP contribution in [-0.4, -0.2) is 42.1 Å². The molecule has 0 radical (unpaired) electrons. The zero-order valence-electron chi connectivity index (χ0n) is 12.9. The molecule has 0 spiro atoms. The summed E-state index contributed by atoms with van der Waals surface area (Å²) in [6.07, 6.45) is 2.79. The van der Waals surface area contributed by atoms with Crippen LogP contribution in [0.2, 0.25) is 0 Å². The first-order chi connectivity index (χ1) is 10.7. The van der Waals surface area contributed by atoms with Crippen LogP contribution in [0.25, 0.3) is 0 Å². The van der Waals surface area contributed by atoms with Crippen molar-refractivity contribution in [2.45, 2.75) is 44.7 Å². The predicted molar refractivity (Wildman–Crippen MR) is 83.7 cm³/mol. The molecule has 5 heteroatoms. The van der Waals surface area contributed by atoms with E-state index in [-0.39, 0.29) is 24.1 Å². The van der Waals surface area contributed by atoms with Crippen LogP contribution >= 0.6 is 0 Å². The standard InChI is InChI=1S/C17H22N2O3/c1-2-22-17(21)18-12-6-9-15-14(18)10-11-16(20)19(15)13-7-4-3-5-8-13/h3-5,7-8,14-15H,2,6,9-12H2,1H3/t14-,15-/m1/s1. The Bertz CT molecular complexity index is 546. The summed E-state index contributed by atoms with van der Waals surface area (Å²) in [5.41, 5.74) is 0.924. The Balaban J connectivity index is 1.87. The maximum absolute atomic E-state index is 12.4. The topological polar surface area (TPSA) is 49.9 Å². The normalized spacial score (nSPS) is 24.9. The highest BCUT2D eigenvalue weighted by Crippen LogP contribution is 2.34. The molecule has 0 bridgehead atoms. The minimum absolute atomic E-state index is 0.0572. The Morgan fingerprint density at radius 1 is 1.23 bits per heavy atom. The summed E-state index contributed by atoms with van der Waals surface area (Å²) in [7, 11) is 0. The van der Waals surface area contributed by atoms with Crippen LogP contribution in [0.3, 0.4) is 0 Å². The fourth-order valence-electron chi connectivity index (χ4n) is 3.62. The van der Waals surface area contributed by atoms with Crippen molar-refractivity contribution in [3.05, 3.63) is 30.3 Å². The molecular formula is C17H22N2O3. The fourth-order valence-corrected chi connectivity index (χ4v) is 3.62. The minimum Gasteiger partial charge on any atom is -0.450 e. The number of carbonyl (C=O) groups excluding carboxylic acids is 2. The zero-order chi connectivity index (χ0) is 15.5. The molecule has 0 aliphatic carbocycles. The predicted octanol–water partition coefficient (Wildman–Crippen LogP) is 2.80. The van der Waals surface area contributed by atoms with Crippen molar-refractivity contribution in [2.24, 2.45) is 0 Å². The van der Waals surface area contributed by atoms with Crippen LogP contribution in [0.15, 0.2) is 30.3 Å². The van der Waals surface area contributed by atoms with Gasteiger partial charge in [0.2, 0.25) is 5.91 Å². The van der Waals surface area contributed by atoms with Crippen molar-refractivity contribution in [2.75, 3.05) is 18.1 Å². The third-order valence-electron chi connectivity index (χ3n) is 4.53. The number of carbonyl (C=O) groups is 2. The number of hydrogen-bond donors (Lipinski definition) is 0. The Labute approximate surface area is 130 Å². The number of piperidine rings is 2. The third kappa shape index (κ3) is 2.67. The van der Waals surface area contributed by atoms with Crippen molar-refractivity contribution in [3.63, 3.8) is 0 Å². The minimum atomic E-state index is -0.250. The maximum Gasteiger partial charge on any atom is 0.410 e. The monoisotopic (exact) mass is 302 g/mol. The lowest BCUT2D eigenvalue weighted by atomic mass is 9.87. The second-order valence-corrected chi connectivity index (χ2v) is 5.81. The molecule has 0 N–H and O–H groups in total. The Kier molecular flexibility index (Phi) is 4.32. The van der Waals surface area contributed by atoms with E-state index in [0.29, 0.717) is 13.0 Å². The lowest BCUT2D eigenvalue weighted by Crippen LogP contribution is -2.61. The molecule has 118 valence electrons. The molecule has 0 aromatic heterocycles. The molecule has 1 aromatic carbocycles. The first kappa shape index (κ1) is 14.9. The quantitative estimate of drug-likeness (QED) is 0.844. The number of ether oxygens (including phenoxy) is 1. The van der Waals surface area contributed by atoms with Crippen LogP contribution < -0.4 is 4.90 Å². The van der Waals surface area contributed by atoms with Crippen molar-refractivity contribution >= 4 is 17.7 Å². The van der Waals surface area contributed by atoms with Gasteiger partial charge >= 0.3 is 6.09 Å². The lowest BCUT2D eigenvalue weighted by molar-refractivity contribution is -0.122. The van der Waals surface area contributed by atoms with E-state index in [9.17, 15) is 9.59 Å². The van der Waals surface area contributed by atoms with Gasteiger partial charge in [0.15, 0.2) is 0 Å². The molecule has 2 atom stereocenters. The fraction of sp³-hybridized carbons (Fsp3) is 0.529. The summed E-state index contributed by atoms with van der Waals surface area (Å²) in [4.78, 5) is 28.3. The number of fused-ring (bicyclic) bond motifs is 1. The van der Waals surface area contributed by atoms with E-state index in [2.05, 4.69) is 0 Å². The number of rotatable bonds is 2. The smallest absolute Gasteiger partial charge is 0.410 e. The molecule has 2 heterocycles. The van der Waals surface area contributed by atoms with Crippen LogP contribution in [0.4, 0.5) is 10.5 Å². The summed E-state index contributed by atoms with van der Waals surface area (Å²) < 4.78 is 5.18. The number of para-hydroxylation sites is 1. The lowest BCUT2D eigenvalue weighted by Gasteiger charge is -2.48. The van der Waals surface area contributed by atoms with Crippen molar-refractivity contribution in [1.82, 2.24) is 4.90 Å². The first-order valence-electron chi connectivity index (χ1n) is 8.03. The average molecular weight is 302 g/mol. The molecule has 2 amide bonds. The second-order valence-electron chi connectivity index (χ2n) is 5.81. The molecule has 3 rings (SSSR count). The van der Waals surface area contributed by atoms with Crippen LogP contribution in [0.5, 0.6) is 0 Å². The summed E-state index contributed by atoms with van der Waals surface area (Å²) in [6, 6.07) is 9.87. The van der Waals surface area contributed by atoms with Gasteiger partial charge in [-0.05, 0) is 38.3 Å². The molecule has 5 nitrogen and oxygen atoms in total. The largest absolute Gasteiger partial charge is 0.450 e. The molecule has 2 saturated heterocycles. The van der Waals surface area contributed by atoms with E-state index in [4.69, 9.17) is 4.74 Å². The van der Waals surface area contributed by atoms with Gasteiger partial charge in [-0.25, -0.2) is 4.79 Å². The van der Waals surface area contributed by atoms with E-state index in [0.717, 1.165) is 31.5 Å². The van der Waals surface area contributed by atoms with Crippen LogP contribution in [0.1, 0.15) is 32.6 Å². The molecule has 0 unspecified atom stereocenters. The van der Waals surface area contributed by atoms with Gasteiger partial charge in [-0.3, -0.25) is 4.79 Å². The highest BCUT2D eigenvalue weighted by Gasteiger charge is 2.43. The molecule has 1 aromatic rings. The Hall–Kier alpha value is -2.04. The van der Waals surface area contributed by atoms with E-state index >= 15 is 0 Å². The van der Waals surface area contributed by atoms with Gasteiger partial charge in [0, 0.05) is 18.7 Å². The summed E-state index contributed by atoms with van der Waals surface area (Å²) in [6.45, 7) is 2.92. The number of hydrogen-bond acceptors (Lipinski definition) is 3. The molecule has 22 heavy (non-hydrogen) atoms.